The van der Waals surface area contributed by atoms with E-state index in [1.54, 1.807) is 0 Å². The summed E-state index contributed by atoms with van der Waals surface area (Å²) in [6.45, 7) is 8.73. The number of nitrogens with one attached hydrogen (secondary N) is 1. The molecule has 0 fully saturated rings. The van der Waals surface area contributed by atoms with Crippen molar-refractivity contribution in [3.8, 4) is 0 Å². The molecule has 2 nitrogen and oxygen atoms in total. The van der Waals surface area contributed by atoms with Gasteiger partial charge < -0.3 is 5.32 Å². The Morgan fingerprint density at radius 1 is 1.28 bits per heavy atom. The van der Waals surface area contributed by atoms with E-state index in [9.17, 15) is 0 Å². The summed E-state index contributed by atoms with van der Waals surface area (Å²) in [5.41, 5.74) is 1.37. The molecule has 0 bridgehead atoms. The molecule has 2 atom stereocenters. The number of amidine groups is 1. The summed E-state index contributed by atoms with van der Waals surface area (Å²) in [6.07, 6.45) is 0. The summed E-state index contributed by atoms with van der Waals surface area (Å²) >= 11 is 1.86. The van der Waals surface area contributed by atoms with Gasteiger partial charge in [-0.1, -0.05) is 62.9 Å². The van der Waals surface area contributed by atoms with Gasteiger partial charge in [0.15, 0.2) is 5.17 Å². The molecule has 0 aromatic heterocycles. The molecule has 0 saturated heterocycles. The lowest BCUT2D eigenvalue weighted by Crippen LogP contribution is -2.27. The topological polar surface area (TPSA) is 24.4 Å². The molecule has 1 aromatic carbocycles. The van der Waals surface area contributed by atoms with Crippen molar-refractivity contribution in [2.75, 3.05) is 13.1 Å². The highest BCUT2D eigenvalue weighted by atomic mass is 32.2. The molecule has 98 valence electrons. The summed E-state index contributed by atoms with van der Waals surface area (Å²) in [5, 5.41) is 5.07. The number of nitrogens with zero attached hydrogens (tertiary/aromatic N) is 1. The lowest BCUT2D eigenvalue weighted by atomic mass is 9.98. The third-order valence-corrected chi connectivity index (χ3v) is 4.74. The zero-order chi connectivity index (χ0) is 13.0. The van der Waals surface area contributed by atoms with Crippen LogP contribution in [0.4, 0.5) is 0 Å². The smallest absolute Gasteiger partial charge is 0.157 e. The standard InChI is InChI=1S/C15H22N2S/c1-11(2)12(3)9-16-15-17-10-14(18-15)13-7-5-4-6-8-13/h4-8,11-12,14H,9-10H2,1-3H3,(H,16,17). The van der Waals surface area contributed by atoms with Crippen molar-refractivity contribution in [3.63, 3.8) is 0 Å². The average molecular weight is 262 g/mol. The lowest BCUT2D eigenvalue weighted by molar-refractivity contribution is 0.416. The van der Waals surface area contributed by atoms with Crippen molar-refractivity contribution in [2.24, 2.45) is 16.8 Å². The first kappa shape index (κ1) is 13.5. The van der Waals surface area contributed by atoms with Gasteiger partial charge in [0.05, 0.1) is 11.8 Å². The summed E-state index contributed by atoms with van der Waals surface area (Å²) in [4.78, 5) is 4.59. The first-order valence-electron chi connectivity index (χ1n) is 6.66. The van der Waals surface area contributed by atoms with Crippen LogP contribution in [0.1, 0.15) is 31.6 Å². The van der Waals surface area contributed by atoms with Crippen molar-refractivity contribution >= 4 is 16.9 Å². The largest absolute Gasteiger partial charge is 0.365 e. The molecule has 2 rings (SSSR count). The quantitative estimate of drug-likeness (QED) is 0.894. The van der Waals surface area contributed by atoms with E-state index in [1.165, 1.54) is 5.56 Å². The van der Waals surface area contributed by atoms with Crippen LogP contribution in [0.25, 0.3) is 0 Å². The molecule has 1 aliphatic heterocycles. The maximum Gasteiger partial charge on any atom is 0.157 e. The summed E-state index contributed by atoms with van der Waals surface area (Å²) in [5.74, 6) is 1.40. The second-order valence-electron chi connectivity index (χ2n) is 5.27. The van der Waals surface area contributed by atoms with E-state index in [1.807, 2.05) is 11.8 Å². The van der Waals surface area contributed by atoms with Gasteiger partial charge in [-0.15, -0.1) is 0 Å². The van der Waals surface area contributed by atoms with Crippen LogP contribution in [0, 0.1) is 11.8 Å². The molecule has 1 heterocycles. The van der Waals surface area contributed by atoms with Gasteiger partial charge in [-0.05, 0) is 17.4 Å². The summed E-state index contributed by atoms with van der Waals surface area (Å²) in [6, 6.07) is 10.6. The minimum atomic E-state index is 0.489. The zero-order valence-corrected chi connectivity index (χ0v) is 12.2. The van der Waals surface area contributed by atoms with Crippen molar-refractivity contribution in [2.45, 2.75) is 26.0 Å². The van der Waals surface area contributed by atoms with Crippen LogP contribution in [0.15, 0.2) is 35.3 Å². The second-order valence-corrected chi connectivity index (χ2v) is 6.46. The van der Waals surface area contributed by atoms with Gasteiger partial charge in [0.2, 0.25) is 0 Å². The first-order valence-corrected chi connectivity index (χ1v) is 7.54. The van der Waals surface area contributed by atoms with Gasteiger partial charge in [-0.3, -0.25) is 4.99 Å². The highest BCUT2D eigenvalue weighted by molar-refractivity contribution is 8.14. The first-order chi connectivity index (χ1) is 8.66. The molecule has 0 amide bonds. The Hall–Kier alpha value is -0.960. The fourth-order valence-corrected chi connectivity index (χ4v) is 2.83. The van der Waals surface area contributed by atoms with Crippen molar-refractivity contribution in [1.82, 2.24) is 5.32 Å². The third-order valence-electron chi connectivity index (χ3n) is 3.54. The normalized spacial score (nSPS) is 20.9. The van der Waals surface area contributed by atoms with E-state index >= 15 is 0 Å². The molecule has 1 aromatic rings. The van der Waals surface area contributed by atoms with Gasteiger partial charge in [-0.2, -0.15) is 0 Å². The highest BCUT2D eigenvalue weighted by Gasteiger charge is 2.21. The Kier molecular flexibility index (Phi) is 4.70. The van der Waals surface area contributed by atoms with Gasteiger partial charge in [0.1, 0.15) is 0 Å². The number of rotatable bonds is 4. The van der Waals surface area contributed by atoms with Gasteiger partial charge in [-0.25, -0.2) is 0 Å². The molecule has 3 heteroatoms. The molecular formula is C15H22N2S. The van der Waals surface area contributed by atoms with E-state index in [2.05, 4.69) is 61.4 Å². The van der Waals surface area contributed by atoms with Crippen molar-refractivity contribution in [1.29, 1.82) is 0 Å². The van der Waals surface area contributed by atoms with Crippen LogP contribution >= 0.6 is 11.8 Å². The number of hydrogen-bond donors (Lipinski definition) is 1. The SMILES string of the molecule is CC(C)C(C)CNC1=NCC(c2ccccc2)S1. The highest BCUT2D eigenvalue weighted by Crippen LogP contribution is 2.34. The molecule has 18 heavy (non-hydrogen) atoms. The minimum absolute atomic E-state index is 0.489. The third kappa shape index (κ3) is 3.52. The van der Waals surface area contributed by atoms with Crippen LogP contribution in [0.3, 0.4) is 0 Å². The molecule has 0 spiro atoms. The van der Waals surface area contributed by atoms with E-state index < -0.39 is 0 Å². The van der Waals surface area contributed by atoms with Crippen molar-refractivity contribution in [3.05, 3.63) is 35.9 Å². The maximum absolute atomic E-state index is 4.59. The summed E-state index contributed by atoms with van der Waals surface area (Å²) < 4.78 is 0. The number of hydrogen-bond acceptors (Lipinski definition) is 3. The Balaban J connectivity index is 1.81. The Bertz CT molecular complexity index is 400. The van der Waals surface area contributed by atoms with E-state index in [0.717, 1.165) is 24.2 Å². The number of benzene rings is 1. The fourth-order valence-electron chi connectivity index (χ4n) is 1.80. The van der Waals surface area contributed by atoms with E-state index in [4.69, 9.17) is 0 Å². The van der Waals surface area contributed by atoms with E-state index in [-0.39, 0.29) is 0 Å². The van der Waals surface area contributed by atoms with Gasteiger partial charge in [0.25, 0.3) is 0 Å². The van der Waals surface area contributed by atoms with Gasteiger partial charge in [0, 0.05) is 6.54 Å². The summed E-state index contributed by atoms with van der Waals surface area (Å²) in [7, 11) is 0. The van der Waals surface area contributed by atoms with Crippen LogP contribution in [0.5, 0.6) is 0 Å². The van der Waals surface area contributed by atoms with E-state index in [0.29, 0.717) is 11.2 Å². The second kappa shape index (κ2) is 6.28. The molecule has 0 aliphatic carbocycles. The molecule has 2 unspecified atom stereocenters. The monoisotopic (exact) mass is 262 g/mol. The van der Waals surface area contributed by atoms with Gasteiger partial charge >= 0.3 is 0 Å². The fraction of sp³-hybridized carbons (Fsp3) is 0.533. The predicted molar refractivity (Wildman–Crippen MR) is 81.1 cm³/mol. The Morgan fingerprint density at radius 2 is 2.00 bits per heavy atom. The predicted octanol–water partition coefficient (Wildman–Crippen LogP) is 3.71. The Morgan fingerprint density at radius 3 is 2.67 bits per heavy atom. The number of aliphatic imine (C=N–C) groups is 1. The van der Waals surface area contributed by atoms with Crippen LogP contribution in [0.2, 0.25) is 0 Å². The molecule has 1 aliphatic rings. The Labute approximate surface area is 114 Å². The van der Waals surface area contributed by atoms with Crippen molar-refractivity contribution < 1.29 is 0 Å². The molecular weight excluding hydrogens is 240 g/mol. The maximum atomic E-state index is 4.59. The van der Waals surface area contributed by atoms with Crippen LogP contribution < -0.4 is 5.32 Å². The minimum Gasteiger partial charge on any atom is -0.365 e. The molecule has 1 N–H and O–H groups in total. The zero-order valence-electron chi connectivity index (χ0n) is 11.4. The molecule has 0 saturated carbocycles. The molecule has 0 radical (unpaired) electrons. The average Bonchev–Trinajstić information content (AvgIpc) is 2.85. The number of thioether (sulfide) groups is 1. The lowest BCUT2D eigenvalue weighted by Gasteiger charge is -2.16. The van der Waals surface area contributed by atoms with Crippen LogP contribution in [-0.2, 0) is 0 Å². The van der Waals surface area contributed by atoms with Crippen LogP contribution in [-0.4, -0.2) is 18.3 Å².